The van der Waals surface area contributed by atoms with Crippen LogP contribution in [0.5, 0.6) is 0 Å². The highest BCUT2D eigenvalue weighted by atomic mass is 16.1. The zero-order valence-electron chi connectivity index (χ0n) is 11.5. The highest BCUT2D eigenvalue weighted by molar-refractivity contribution is 5.76. The minimum absolute atomic E-state index is 0.0648. The molecule has 0 aliphatic heterocycles. The van der Waals surface area contributed by atoms with Crippen molar-refractivity contribution in [2.45, 2.75) is 33.2 Å². The molecule has 1 atom stereocenters. The molecule has 5 nitrogen and oxygen atoms in total. The number of nitrogens with one attached hydrogen (secondary N) is 1. The maximum atomic E-state index is 11.8. The Morgan fingerprint density at radius 3 is 2.78 bits per heavy atom. The number of aromatic nitrogens is 2. The van der Waals surface area contributed by atoms with Crippen molar-refractivity contribution in [2.24, 2.45) is 24.6 Å². The summed E-state index contributed by atoms with van der Waals surface area (Å²) in [4.78, 5) is 11.8. The SMILES string of the molecule is CC(C)CC(CN)CC(=O)NCc1cnn(C)c1. The van der Waals surface area contributed by atoms with E-state index >= 15 is 0 Å². The molecule has 102 valence electrons. The first-order chi connectivity index (χ1) is 8.51. The standard InChI is InChI=1S/C13H24N4O/c1-10(2)4-11(6-14)5-13(18)15-7-12-8-16-17(3)9-12/h8-11H,4-7,14H2,1-3H3,(H,15,18). The molecule has 0 saturated carbocycles. The van der Waals surface area contributed by atoms with Crippen molar-refractivity contribution in [3.05, 3.63) is 18.0 Å². The summed E-state index contributed by atoms with van der Waals surface area (Å²) in [6.07, 6.45) is 5.16. The third-order valence-electron chi connectivity index (χ3n) is 2.86. The number of aryl methyl sites for hydroxylation is 1. The van der Waals surface area contributed by atoms with Crippen molar-refractivity contribution < 1.29 is 4.79 Å². The molecule has 1 heterocycles. The largest absolute Gasteiger partial charge is 0.352 e. The molecule has 18 heavy (non-hydrogen) atoms. The monoisotopic (exact) mass is 252 g/mol. The van der Waals surface area contributed by atoms with Crippen LogP contribution in [0.25, 0.3) is 0 Å². The Morgan fingerprint density at radius 2 is 2.28 bits per heavy atom. The Labute approximate surface area is 109 Å². The van der Waals surface area contributed by atoms with Crippen LogP contribution in [0, 0.1) is 11.8 Å². The molecule has 0 spiro atoms. The quantitative estimate of drug-likeness (QED) is 0.761. The zero-order valence-corrected chi connectivity index (χ0v) is 11.5. The molecule has 0 saturated heterocycles. The number of nitrogens with zero attached hydrogens (tertiary/aromatic N) is 2. The van der Waals surface area contributed by atoms with E-state index in [2.05, 4.69) is 24.3 Å². The molecule has 1 aromatic heterocycles. The van der Waals surface area contributed by atoms with E-state index in [1.807, 2.05) is 13.2 Å². The fourth-order valence-corrected chi connectivity index (χ4v) is 2.03. The molecule has 1 amide bonds. The molecule has 0 aromatic carbocycles. The first-order valence-corrected chi connectivity index (χ1v) is 6.45. The van der Waals surface area contributed by atoms with Crippen molar-refractivity contribution in [3.63, 3.8) is 0 Å². The van der Waals surface area contributed by atoms with Crippen molar-refractivity contribution in [1.82, 2.24) is 15.1 Å². The number of nitrogens with two attached hydrogens (primary N) is 1. The van der Waals surface area contributed by atoms with Gasteiger partial charge in [-0.05, 0) is 24.8 Å². The van der Waals surface area contributed by atoms with Gasteiger partial charge < -0.3 is 11.1 Å². The van der Waals surface area contributed by atoms with E-state index in [1.54, 1.807) is 10.9 Å². The Balaban J connectivity index is 2.32. The summed E-state index contributed by atoms with van der Waals surface area (Å²) in [5.41, 5.74) is 6.70. The Kier molecular flexibility index (Phi) is 5.85. The Bertz CT molecular complexity index is 373. The summed E-state index contributed by atoms with van der Waals surface area (Å²) in [5.74, 6) is 0.915. The van der Waals surface area contributed by atoms with Gasteiger partial charge in [-0.15, -0.1) is 0 Å². The minimum atomic E-state index is 0.0648. The van der Waals surface area contributed by atoms with Gasteiger partial charge in [-0.3, -0.25) is 9.48 Å². The second kappa shape index (κ2) is 7.16. The second-order valence-corrected chi connectivity index (χ2v) is 5.23. The van der Waals surface area contributed by atoms with Gasteiger partial charge in [-0.2, -0.15) is 5.10 Å². The fraction of sp³-hybridized carbons (Fsp3) is 0.692. The van der Waals surface area contributed by atoms with E-state index < -0.39 is 0 Å². The van der Waals surface area contributed by atoms with Crippen molar-refractivity contribution >= 4 is 5.91 Å². The summed E-state index contributed by atoms with van der Waals surface area (Å²) < 4.78 is 1.73. The smallest absolute Gasteiger partial charge is 0.220 e. The molecule has 0 aliphatic rings. The van der Waals surface area contributed by atoms with Crippen molar-refractivity contribution in [1.29, 1.82) is 0 Å². The summed E-state index contributed by atoms with van der Waals surface area (Å²) in [5, 5.41) is 6.96. The van der Waals surface area contributed by atoms with Crippen LogP contribution < -0.4 is 11.1 Å². The topological polar surface area (TPSA) is 72.9 Å². The first kappa shape index (κ1) is 14.7. The third-order valence-corrected chi connectivity index (χ3v) is 2.86. The van der Waals surface area contributed by atoms with E-state index in [0.29, 0.717) is 25.4 Å². The maximum absolute atomic E-state index is 11.8. The van der Waals surface area contributed by atoms with Gasteiger partial charge in [0.2, 0.25) is 5.91 Å². The van der Waals surface area contributed by atoms with Crippen molar-refractivity contribution in [2.75, 3.05) is 6.54 Å². The predicted molar refractivity (Wildman–Crippen MR) is 71.7 cm³/mol. The van der Waals surface area contributed by atoms with Gasteiger partial charge in [-0.25, -0.2) is 0 Å². The zero-order chi connectivity index (χ0) is 13.5. The van der Waals surface area contributed by atoms with Crippen LogP contribution in [0.1, 0.15) is 32.3 Å². The first-order valence-electron chi connectivity index (χ1n) is 6.45. The summed E-state index contributed by atoms with van der Waals surface area (Å²) in [6.45, 7) is 5.40. The lowest BCUT2D eigenvalue weighted by Crippen LogP contribution is -2.28. The lowest BCUT2D eigenvalue weighted by atomic mass is 9.94. The van der Waals surface area contributed by atoms with Gasteiger partial charge >= 0.3 is 0 Å². The van der Waals surface area contributed by atoms with Crippen LogP contribution in [-0.4, -0.2) is 22.2 Å². The minimum Gasteiger partial charge on any atom is -0.352 e. The number of carbonyl (C=O) groups is 1. The lowest BCUT2D eigenvalue weighted by molar-refractivity contribution is -0.122. The van der Waals surface area contributed by atoms with Crippen molar-refractivity contribution in [3.8, 4) is 0 Å². The molecule has 0 fully saturated rings. The van der Waals surface area contributed by atoms with Gasteiger partial charge in [-0.1, -0.05) is 13.8 Å². The highest BCUT2D eigenvalue weighted by Gasteiger charge is 2.13. The fourth-order valence-electron chi connectivity index (χ4n) is 2.03. The third kappa shape index (κ3) is 5.31. The van der Waals surface area contributed by atoms with Crippen LogP contribution in [0.15, 0.2) is 12.4 Å². The van der Waals surface area contributed by atoms with Gasteiger partial charge in [0, 0.05) is 31.8 Å². The normalized spacial score (nSPS) is 12.7. The van der Waals surface area contributed by atoms with Gasteiger partial charge in [0.05, 0.1) is 6.20 Å². The van der Waals surface area contributed by atoms with Crippen LogP contribution >= 0.6 is 0 Å². The molecular weight excluding hydrogens is 228 g/mol. The Morgan fingerprint density at radius 1 is 1.56 bits per heavy atom. The number of rotatable bonds is 7. The predicted octanol–water partition coefficient (Wildman–Crippen LogP) is 1.05. The number of amides is 1. The van der Waals surface area contributed by atoms with E-state index in [4.69, 9.17) is 5.73 Å². The van der Waals surface area contributed by atoms with E-state index in [0.717, 1.165) is 12.0 Å². The average molecular weight is 252 g/mol. The molecular formula is C13H24N4O. The molecule has 3 N–H and O–H groups in total. The number of hydrogen-bond acceptors (Lipinski definition) is 3. The molecule has 0 bridgehead atoms. The van der Waals surface area contributed by atoms with Crippen LogP contribution in [-0.2, 0) is 18.4 Å². The molecule has 0 radical (unpaired) electrons. The molecule has 5 heteroatoms. The van der Waals surface area contributed by atoms with Crippen LogP contribution in [0.3, 0.4) is 0 Å². The van der Waals surface area contributed by atoms with Crippen LogP contribution in [0.4, 0.5) is 0 Å². The number of hydrogen-bond donors (Lipinski definition) is 2. The van der Waals surface area contributed by atoms with Crippen LogP contribution in [0.2, 0.25) is 0 Å². The Hall–Kier alpha value is -1.36. The highest BCUT2D eigenvalue weighted by Crippen LogP contribution is 2.14. The molecule has 1 aromatic rings. The second-order valence-electron chi connectivity index (χ2n) is 5.23. The van der Waals surface area contributed by atoms with Gasteiger partial charge in [0.25, 0.3) is 0 Å². The van der Waals surface area contributed by atoms with Gasteiger partial charge in [0.15, 0.2) is 0 Å². The number of carbonyl (C=O) groups excluding carboxylic acids is 1. The van der Waals surface area contributed by atoms with E-state index in [9.17, 15) is 4.79 Å². The maximum Gasteiger partial charge on any atom is 0.220 e. The summed E-state index contributed by atoms with van der Waals surface area (Å²) >= 11 is 0. The van der Waals surface area contributed by atoms with E-state index in [-0.39, 0.29) is 11.8 Å². The van der Waals surface area contributed by atoms with Gasteiger partial charge in [0.1, 0.15) is 0 Å². The summed E-state index contributed by atoms with van der Waals surface area (Å²) in [6, 6.07) is 0. The molecule has 1 rings (SSSR count). The van der Waals surface area contributed by atoms with E-state index in [1.165, 1.54) is 0 Å². The lowest BCUT2D eigenvalue weighted by Gasteiger charge is -2.16. The summed E-state index contributed by atoms with van der Waals surface area (Å²) in [7, 11) is 1.86. The average Bonchev–Trinajstić information content (AvgIpc) is 2.71. The molecule has 1 unspecified atom stereocenters. The molecule has 0 aliphatic carbocycles.